The number of carbonyl (C=O) groups is 1. The highest BCUT2D eigenvalue weighted by atomic mass is 79.9. The maximum atomic E-state index is 12.4. The predicted molar refractivity (Wildman–Crippen MR) is 91.5 cm³/mol. The van der Waals surface area contributed by atoms with Gasteiger partial charge in [-0.05, 0) is 41.8 Å². The number of amides is 1. The summed E-state index contributed by atoms with van der Waals surface area (Å²) in [5, 5.41) is 14.7. The molecule has 1 aromatic heterocycles. The average molecular weight is 374 g/mol. The minimum Gasteiger partial charge on any atom is -0.296 e. The van der Waals surface area contributed by atoms with E-state index in [9.17, 15) is 4.79 Å². The SMILES string of the molecule is O=C(Nc1nnc(C2CC2)s1)c1ccc2c(Br)cccc2c1. The van der Waals surface area contributed by atoms with Crippen LogP contribution in [0.2, 0.25) is 0 Å². The second-order valence-electron chi connectivity index (χ2n) is 5.35. The van der Waals surface area contributed by atoms with Crippen molar-refractivity contribution in [1.82, 2.24) is 10.2 Å². The van der Waals surface area contributed by atoms with Gasteiger partial charge in [-0.15, -0.1) is 10.2 Å². The van der Waals surface area contributed by atoms with Gasteiger partial charge in [0.2, 0.25) is 5.13 Å². The number of rotatable bonds is 3. The fourth-order valence-electron chi connectivity index (χ4n) is 2.34. The zero-order chi connectivity index (χ0) is 15.1. The summed E-state index contributed by atoms with van der Waals surface area (Å²) in [7, 11) is 0. The summed E-state index contributed by atoms with van der Waals surface area (Å²) in [6, 6.07) is 11.6. The van der Waals surface area contributed by atoms with Crippen LogP contribution in [0.1, 0.15) is 34.1 Å². The van der Waals surface area contributed by atoms with Gasteiger partial charge in [-0.25, -0.2) is 0 Å². The van der Waals surface area contributed by atoms with E-state index in [1.165, 1.54) is 24.2 Å². The Morgan fingerprint density at radius 2 is 2.09 bits per heavy atom. The van der Waals surface area contributed by atoms with E-state index in [1.807, 2.05) is 36.4 Å². The van der Waals surface area contributed by atoms with E-state index in [0.29, 0.717) is 16.6 Å². The van der Waals surface area contributed by atoms with E-state index in [2.05, 4.69) is 31.4 Å². The standard InChI is InChI=1S/C16H12BrN3OS/c17-13-3-1-2-10-8-11(6-7-12(10)13)14(21)18-16-20-19-15(22-16)9-4-5-9/h1-3,6-9H,4-5H2,(H,18,20,21). The quantitative estimate of drug-likeness (QED) is 0.730. The smallest absolute Gasteiger partial charge is 0.257 e. The van der Waals surface area contributed by atoms with Crippen LogP contribution >= 0.6 is 27.3 Å². The molecule has 4 rings (SSSR count). The molecule has 4 nitrogen and oxygen atoms in total. The van der Waals surface area contributed by atoms with Gasteiger partial charge in [0.05, 0.1) is 0 Å². The third-order valence-corrected chi connectivity index (χ3v) is 5.37. The minimum absolute atomic E-state index is 0.152. The van der Waals surface area contributed by atoms with Crippen molar-refractivity contribution in [3.05, 3.63) is 51.4 Å². The second-order valence-corrected chi connectivity index (χ2v) is 7.21. The number of hydrogen-bond donors (Lipinski definition) is 1. The number of nitrogens with one attached hydrogen (secondary N) is 1. The van der Waals surface area contributed by atoms with E-state index in [4.69, 9.17) is 0 Å². The summed E-state index contributed by atoms with van der Waals surface area (Å²) >= 11 is 4.99. The largest absolute Gasteiger partial charge is 0.296 e. The third-order valence-electron chi connectivity index (χ3n) is 3.68. The van der Waals surface area contributed by atoms with Crippen LogP contribution in [0.15, 0.2) is 40.9 Å². The van der Waals surface area contributed by atoms with Crippen molar-refractivity contribution in [2.75, 3.05) is 5.32 Å². The first-order valence-corrected chi connectivity index (χ1v) is 8.65. The summed E-state index contributed by atoms with van der Waals surface area (Å²) in [5.74, 6) is 0.404. The molecule has 2 aromatic carbocycles. The van der Waals surface area contributed by atoms with Gasteiger partial charge < -0.3 is 0 Å². The van der Waals surface area contributed by atoms with Gasteiger partial charge in [0, 0.05) is 16.0 Å². The lowest BCUT2D eigenvalue weighted by atomic mass is 10.1. The molecule has 0 bridgehead atoms. The zero-order valence-electron chi connectivity index (χ0n) is 11.5. The van der Waals surface area contributed by atoms with Crippen molar-refractivity contribution >= 4 is 49.1 Å². The number of carbonyl (C=O) groups excluding carboxylic acids is 1. The van der Waals surface area contributed by atoms with Crippen molar-refractivity contribution in [2.24, 2.45) is 0 Å². The Morgan fingerprint density at radius 1 is 1.23 bits per heavy atom. The zero-order valence-corrected chi connectivity index (χ0v) is 13.9. The van der Waals surface area contributed by atoms with E-state index < -0.39 is 0 Å². The molecule has 1 heterocycles. The van der Waals surface area contributed by atoms with E-state index in [0.717, 1.165) is 20.3 Å². The normalized spacial score (nSPS) is 14.2. The lowest BCUT2D eigenvalue weighted by Crippen LogP contribution is -2.11. The highest BCUT2D eigenvalue weighted by Gasteiger charge is 2.27. The van der Waals surface area contributed by atoms with Gasteiger partial charge in [-0.2, -0.15) is 0 Å². The highest BCUT2D eigenvalue weighted by molar-refractivity contribution is 9.10. The molecular weight excluding hydrogens is 362 g/mol. The van der Waals surface area contributed by atoms with Crippen molar-refractivity contribution in [1.29, 1.82) is 0 Å². The third kappa shape index (κ3) is 2.64. The first-order valence-electron chi connectivity index (χ1n) is 7.04. The Bertz CT molecular complexity index is 873. The van der Waals surface area contributed by atoms with Crippen LogP contribution in [0, 0.1) is 0 Å². The van der Waals surface area contributed by atoms with Crippen molar-refractivity contribution in [3.8, 4) is 0 Å². The Hall–Kier alpha value is -1.79. The minimum atomic E-state index is -0.152. The van der Waals surface area contributed by atoms with Gasteiger partial charge >= 0.3 is 0 Å². The van der Waals surface area contributed by atoms with Crippen LogP contribution in [-0.4, -0.2) is 16.1 Å². The predicted octanol–water partition coefficient (Wildman–Crippen LogP) is 4.58. The second kappa shape index (κ2) is 5.44. The number of benzene rings is 2. The molecule has 0 aliphatic heterocycles. The maximum Gasteiger partial charge on any atom is 0.257 e. The van der Waals surface area contributed by atoms with Crippen molar-refractivity contribution < 1.29 is 4.79 Å². The van der Waals surface area contributed by atoms with E-state index in [-0.39, 0.29) is 5.91 Å². The van der Waals surface area contributed by atoms with Gasteiger partial charge in [0.15, 0.2) is 0 Å². The maximum absolute atomic E-state index is 12.4. The number of nitrogens with zero attached hydrogens (tertiary/aromatic N) is 2. The first-order chi connectivity index (χ1) is 10.7. The van der Waals surface area contributed by atoms with E-state index >= 15 is 0 Å². The molecule has 110 valence electrons. The Balaban J connectivity index is 1.58. The van der Waals surface area contributed by atoms with Gasteiger partial charge in [0.25, 0.3) is 5.91 Å². The van der Waals surface area contributed by atoms with Crippen molar-refractivity contribution in [2.45, 2.75) is 18.8 Å². The molecular formula is C16H12BrN3OS. The molecule has 1 saturated carbocycles. The Labute approximate surface area is 139 Å². The molecule has 22 heavy (non-hydrogen) atoms. The van der Waals surface area contributed by atoms with Crippen LogP contribution in [0.4, 0.5) is 5.13 Å². The highest BCUT2D eigenvalue weighted by Crippen LogP contribution is 2.42. The molecule has 1 N–H and O–H groups in total. The van der Waals surface area contributed by atoms with Crippen LogP contribution in [0.25, 0.3) is 10.8 Å². The van der Waals surface area contributed by atoms with Crippen LogP contribution in [0.5, 0.6) is 0 Å². The molecule has 0 atom stereocenters. The summed E-state index contributed by atoms with van der Waals surface area (Å²) in [6.07, 6.45) is 2.37. The number of hydrogen-bond acceptors (Lipinski definition) is 4. The molecule has 0 radical (unpaired) electrons. The number of halogens is 1. The molecule has 1 aliphatic rings. The molecule has 6 heteroatoms. The number of anilines is 1. The summed E-state index contributed by atoms with van der Waals surface area (Å²) < 4.78 is 1.02. The topological polar surface area (TPSA) is 54.9 Å². The van der Waals surface area contributed by atoms with Crippen LogP contribution in [0.3, 0.4) is 0 Å². The fourth-order valence-corrected chi connectivity index (χ4v) is 3.76. The summed E-state index contributed by atoms with van der Waals surface area (Å²) in [6.45, 7) is 0. The van der Waals surface area contributed by atoms with Gasteiger partial charge in [-0.1, -0.05) is 45.5 Å². The summed E-state index contributed by atoms with van der Waals surface area (Å²) in [5.41, 5.74) is 0.619. The summed E-state index contributed by atoms with van der Waals surface area (Å²) in [4.78, 5) is 12.4. The molecule has 1 aliphatic carbocycles. The Morgan fingerprint density at radius 3 is 2.91 bits per heavy atom. The number of fused-ring (bicyclic) bond motifs is 1. The monoisotopic (exact) mass is 373 g/mol. The van der Waals surface area contributed by atoms with E-state index in [1.54, 1.807) is 0 Å². The van der Waals surface area contributed by atoms with Crippen LogP contribution < -0.4 is 5.32 Å². The molecule has 1 fully saturated rings. The van der Waals surface area contributed by atoms with Crippen molar-refractivity contribution in [3.63, 3.8) is 0 Å². The Kier molecular flexibility index (Phi) is 3.43. The first kappa shape index (κ1) is 13.8. The fraction of sp³-hybridized carbons (Fsp3) is 0.188. The molecule has 0 saturated heterocycles. The number of aromatic nitrogens is 2. The van der Waals surface area contributed by atoms with Gasteiger partial charge in [-0.3, -0.25) is 10.1 Å². The van der Waals surface area contributed by atoms with Gasteiger partial charge in [0.1, 0.15) is 5.01 Å². The van der Waals surface area contributed by atoms with Crippen LogP contribution in [-0.2, 0) is 0 Å². The molecule has 1 amide bonds. The average Bonchev–Trinajstić information content (AvgIpc) is 3.27. The lowest BCUT2D eigenvalue weighted by molar-refractivity contribution is 0.102. The lowest BCUT2D eigenvalue weighted by Gasteiger charge is -2.04. The molecule has 0 unspecified atom stereocenters. The molecule has 0 spiro atoms. The molecule has 3 aromatic rings.